The van der Waals surface area contributed by atoms with Crippen molar-refractivity contribution in [2.24, 2.45) is 0 Å². The largest absolute Gasteiger partial charge is 0.388 e. The zero-order valence-electron chi connectivity index (χ0n) is 16.6. The van der Waals surface area contributed by atoms with Crippen LogP contribution in [0.3, 0.4) is 0 Å². The van der Waals surface area contributed by atoms with Crippen LogP contribution in [0.1, 0.15) is 41.2 Å². The van der Waals surface area contributed by atoms with Gasteiger partial charge in [-0.05, 0) is 43.2 Å². The van der Waals surface area contributed by atoms with E-state index in [4.69, 9.17) is 0 Å². The Morgan fingerprint density at radius 3 is 2.48 bits per heavy atom. The van der Waals surface area contributed by atoms with Crippen LogP contribution in [0.2, 0.25) is 0 Å². The van der Waals surface area contributed by atoms with Crippen molar-refractivity contribution in [1.29, 1.82) is 0 Å². The minimum absolute atomic E-state index is 0.120. The summed E-state index contributed by atoms with van der Waals surface area (Å²) < 4.78 is 0. The van der Waals surface area contributed by atoms with Crippen molar-refractivity contribution >= 4 is 11.6 Å². The smallest absolute Gasteiger partial charge is 0.251 e. The summed E-state index contributed by atoms with van der Waals surface area (Å²) >= 11 is 0. The molecule has 0 aliphatic carbocycles. The minimum Gasteiger partial charge on any atom is -0.388 e. The summed E-state index contributed by atoms with van der Waals surface area (Å²) in [5.74, 6) is -0.120. The van der Waals surface area contributed by atoms with Gasteiger partial charge in [0, 0.05) is 41.9 Å². The topological polar surface area (TPSA) is 82.7 Å². The van der Waals surface area contributed by atoms with Crippen molar-refractivity contribution in [3.8, 4) is 11.1 Å². The van der Waals surface area contributed by atoms with Gasteiger partial charge in [-0.25, -0.2) is 4.98 Å². The van der Waals surface area contributed by atoms with Crippen LogP contribution in [0.15, 0.2) is 43.0 Å². The Balaban J connectivity index is 0.00000126. The van der Waals surface area contributed by atoms with Gasteiger partial charge in [-0.3, -0.25) is 9.78 Å². The number of imidazole rings is 1. The maximum absolute atomic E-state index is 12.7. The SMILES string of the molecule is CC.CNc1cc(-c2ccc(C)nc2)cc(C(=O)NCc2cnc[nH]2)c1C. The number of anilines is 1. The van der Waals surface area contributed by atoms with Crippen LogP contribution in [-0.2, 0) is 6.54 Å². The Hall–Kier alpha value is -3.15. The summed E-state index contributed by atoms with van der Waals surface area (Å²) in [6.07, 6.45) is 5.11. The number of nitrogens with zero attached hydrogens (tertiary/aromatic N) is 2. The molecule has 0 aliphatic rings. The Labute approximate surface area is 160 Å². The van der Waals surface area contributed by atoms with Gasteiger partial charge in [-0.15, -0.1) is 0 Å². The number of carbonyl (C=O) groups excluding carboxylic acids is 1. The van der Waals surface area contributed by atoms with Crippen LogP contribution in [0, 0.1) is 13.8 Å². The van der Waals surface area contributed by atoms with Gasteiger partial charge in [-0.2, -0.15) is 0 Å². The molecule has 0 unspecified atom stereocenters. The predicted molar refractivity (Wildman–Crippen MR) is 110 cm³/mol. The van der Waals surface area contributed by atoms with E-state index in [1.54, 1.807) is 12.5 Å². The van der Waals surface area contributed by atoms with Crippen molar-refractivity contribution in [2.45, 2.75) is 34.2 Å². The number of hydrogen-bond acceptors (Lipinski definition) is 4. The van der Waals surface area contributed by atoms with Gasteiger partial charge in [0.25, 0.3) is 5.91 Å². The monoisotopic (exact) mass is 365 g/mol. The molecule has 0 bridgehead atoms. The number of pyridine rings is 1. The van der Waals surface area contributed by atoms with E-state index in [0.717, 1.165) is 33.8 Å². The van der Waals surface area contributed by atoms with Crippen LogP contribution >= 0.6 is 0 Å². The van der Waals surface area contributed by atoms with Crippen molar-refractivity contribution in [1.82, 2.24) is 20.3 Å². The first-order valence-electron chi connectivity index (χ1n) is 9.09. The summed E-state index contributed by atoms with van der Waals surface area (Å²) in [5.41, 5.74) is 6.22. The molecule has 6 nitrogen and oxygen atoms in total. The van der Waals surface area contributed by atoms with Crippen LogP contribution in [0.5, 0.6) is 0 Å². The molecule has 1 aromatic carbocycles. The molecule has 142 valence electrons. The second-order valence-corrected chi connectivity index (χ2v) is 5.89. The number of amides is 1. The van der Waals surface area contributed by atoms with Crippen LogP contribution < -0.4 is 10.6 Å². The van der Waals surface area contributed by atoms with Gasteiger partial charge in [0.1, 0.15) is 0 Å². The molecule has 1 amide bonds. The molecule has 27 heavy (non-hydrogen) atoms. The van der Waals surface area contributed by atoms with Crippen molar-refractivity contribution < 1.29 is 4.79 Å². The molecule has 3 rings (SSSR count). The predicted octanol–water partition coefficient (Wildman–Crippen LogP) is 4.09. The normalized spacial score (nSPS) is 9.96. The Morgan fingerprint density at radius 2 is 1.89 bits per heavy atom. The number of benzene rings is 1. The van der Waals surface area contributed by atoms with E-state index in [1.165, 1.54) is 0 Å². The van der Waals surface area contributed by atoms with Gasteiger partial charge >= 0.3 is 0 Å². The molecule has 0 atom stereocenters. The molecule has 0 saturated carbocycles. The number of carbonyl (C=O) groups is 1. The lowest BCUT2D eigenvalue weighted by Gasteiger charge is -2.14. The third kappa shape index (κ3) is 4.94. The second kappa shape index (κ2) is 9.52. The molecule has 3 N–H and O–H groups in total. The molecular formula is C21H27N5O. The van der Waals surface area contributed by atoms with E-state index in [-0.39, 0.29) is 5.91 Å². The molecule has 0 saturated heterocycles. The molecule has 0 spiro atoms. The molecule has 6 heteroatoms. The number of hydrogen-bond donors (Lipinski definition) is 3. The fraction of sp³-hybridized carbons (Fsp3) is 0.286. The summed E-state index contributed by atoms with van der Waals surface area (Å²) in [4.78, 5) is 24.0. The molecule has 2 heterocycles. The fourth-order valence-corrected chi connectivity index (χ4v) is 2.67. The number of nitrogens with one attached hydrogen (secondary N) is 3. The zero-order valence-corrected chi connectivity index (χ0v) is 16.6. The second-order valence-electron chi connectivity index (χ2n) is 5.89. The number of rotatable bonds is 5. The fourth-order valence-electron chi connectivity index (χ4n) is 2.67. The van der Waals surface area contributed by atoms with Crippen molar-refractivity contribution in [3.05, 3.63) is 65.5 Å². The summed E-state index contributed by atoms with van der Waals surface area (Å²) in [6.45, 7) is 8.30. The van der Waals surface area contributed by atoms with Crippen molar-refractivity contribution in [2.75, 3.05) is 12.4 Å². The van der Waals surface area contributed by atoms with Gasteiger partial charge in [-0.1, -0.05) is 19.9 Å². The molecular weight excluding hydrogens is 338 g/mol. The van der Waals surface area contributed by atoms with E-state index in [0.29, 0.717) is 12.1 Å². The highest BCUT2D eigenvalue weighted by atomic mass is 16.1. The Kier molecular flexibility index (Phi) is 7.11. The van der Waals surface area contributed by atoms with Crippen molar-refractivity contribution in [3.63, 3.8) is 0 Å². The molecule has 3 aromatic rings. The summed E-state index contributed by atoms with van der Waals surface area (Å²) in [7, 11) is 1.85. The first-order valence-corrected chi connectivity index (χ1v) is 9.09. The van der Waals surface area contributed by atoms with Gasteiger partial charge < -0.3 is 15.6 Å². The van der Waals surface area contributed by atoms with Gasteiger partial charge in [0.2, 0.25) is 0 Å². The van der Waals surface area contributed by atoms with Gasteiger partial charge in [0.05, 0.1) is 18.6 Å². The quantitative estimate of drug-likeness (QED) is 0.636. The van der Waals surface area contributed by atoms with E-state index in [2.05, 4.69) is 25.6 Å². The lowest BCUT2D eigenvalue weighted by atomic mass is 9.98. The molecule has 0 fully saturated rings. The Morgan fingerprint density at radius 1 is 1.11 bits per heavy atom. The van der Waals surface area contributed by atoms with E-state index in [1.807, 2.05) is 65.2 Å². The summed E-state index contributed by atoms with van der Waals surface area (Å²) in [6, 6.07) is 7.92. The number of aryl methyl sites for hydroxylation is 1. The number of aromatic nitrogens is 3. The number of aromatic amines is 1. The maximum atomic E-state index is 12.7. The highest BCUT2D eigenvalue weighted by molar-refractivity contribution is 5.98. The van der Waals surface area contributed by atoms with Crippen LogP contribution in [0.4, 0.5) is 5.69 Å². The first kappa shape index (κ1) is 20.2. The van der Waals surface area contributed by atoms with E-state index < -0.39 is 0 Å². The maximum Gasteiger partial charge on any atom is 0.251 e. The van der Waals surface area contributed by atoms with E-state index in [9.17, 15) is 4.79 Å². The van der Waals surface area contributed by atoms with Gasteiger partial charge in [0.15, 0.2) is 0 Å². The molecule has 0 aliphatic heterocycles. The van der Waals surface area contributed by atoms with Crippen LogP contribution in [0.25, 0.3) is 11.1 Å². The molecule has 0 radical (unpaired) electrons. The third-order valence-electron chi connectivity index (χ3n) is 4.16. The Bertz CT molecular complexity index is 870. The zero-order chi connectivity index (χ0) is 19.8. The average molecular weight is 365 g/mol. The lowest BCUT2D eigenvalue weighted by molar-refractivity contribution is 0.0950. The highest BCUT2D eigenvalue weighted by Gasteiger charge is 2.14. The summed E-state index contributed by atoms with van der Waals surface area (Å²) in [5, 5.41) is 6.09. The minimum atomic E-state index is -0.120. The standard InChI is InChI=1S/C19H21N5O.C2H6/c1-12-4-5-14(8-22-12)15-6-17(13(2)18(7-15)20-3)19(25)23-10-16-9-21-11-24-16;1-2/h4-9,11,20H,10H2,1-3H3,(H,21,24)(H,23,25);1-2H3. The highest BCUT2D eigenvalue weighted by Crippen LogP contribution is 2.28. The van der Waals surface area contributed by atoms with Crippen LogP contribution in [-0.4, -0.2) is 27.9 Å². The third-order valence-corrected chi connectivity index (χ3v) is 4.16. The number of H-pyrrole nitrogens is 1. The molecule has 2 aromatic heterocycles. The van der Waals surface area contributed by atoms with E-state index >= 15 is 0 Å². The first-order chi connectivity index (χ1) is 13.1. The average Bonchev–Trinajstić information content (AvgIpc) is 3.22. The lowest BCUT2D eigenvalue weighted by Crippen LogP contribution is -2.24.